The van der Waals surface area contributed by atoms with Gasteiger partial charge in [-0.25, -0.2) is 4.98 Å². The maximum atomic E-state index is 12.6. The van der Waals surface area contributed by atoms with Gasteiger partial charge in [-0.1, -0.05) is 44.7 Å². The standard InChI is InChI=1S/C21H29N3O/c1-2-3-8-13-23-19-12-7-6-11-18(19)22-21(23)16-14-20(25)24(15-16)17-9-4-5-10-17/h6-7,11-12,16-17H,2-5,8-10,13-15H2,1H3. The van der Waals surface area contributed by atoms with Gasteiger partial charge in [0.25, 0.3) is 0 Å². The number of fused-ring (bicyclic) bond motifs is 1. The molecule has 0 spiro atoms. The van der Waals surface area contributed by atoms with Crippen molar-refractivity contribution in [1.29, 1.82) is 0 Å². The molecular weight excluding hydrogens is 310 g/mol. The third-order valence-corrected chi connectivity index (χ3v) is 5.96. The summed E-state index contributed by atoms with van der Waals surface area (Å²) in [6, 6.07) is 8.90. The van der Waals surface area contributed by atoms with E-state index in [0.29, 0.717) is 18.4 Å². The van der Waals surface area contributed by atoms with E-state index in [0.717, 1.165) is 24.4 Å². The van der Waals surface area contributed by atoms with Crippen LogP contribution in [0.1, 0.15) is 70.0 Å². The molecular formula is C21H29N3O. The molecule has 1 amide bonds. The Kier molecular flexibility index (Phi) is 4.78. The summed E-state index contributed by atoms with van der Waals surface area (Å²) in [6.45, 7) is 4.11. The minimum atomic E-state index is 0.252. The van der Waals surface area contributed by atoms with E-state index in [2.05, 4.69) is 40.7 Å². The van der Waals surface area contributed by atoms with Gasteiger partial charge in [0.1, 0.15) is 5.82 Å². The first-order valence-corrected chi connectivity index (χ1v) is 10.0. The molecule has 1 aliphatic heterocycles. The average Bonchev–Trinajstić information content (AvgIpc) is 3.33. The molecule has 1 aliphatic carbocycles. The van der Waals surface area contributed by atoms with Crippen molar-refractivity contribution < 1.29 is 4.79 Å². The van der Waals surface area contributed by atoms with Crippen LogP contribution in [0.5, 0.6) is 0 Å². The summed E-state index contributed by atoms with van der Waals surface area (Å²) in [7, 11) is 0. The molecule has 1 aromatic carbocycles. The first kappa shape index (κ1) is 16.6. The fourth-order valence-corrected chi connectivity index (χ4v) is 4.63. The second-order valence-corrected chi connectivity index (χ2v) is 7.70. The van der Waals surface area contributed by atoms with Gasteiger partial charge in [-0.2, -0.15) is 0 Å². The predicted octanol–water partition coefficient (Wildman–Crippen LogP) is 4.49. The summed E-state index contributed by atoms with van der Waals surface area (Å²) < 4.78 is 2.39. The molecule has 2 aliphatic rings. The molecule has 1 saturated carbocycles. The van der Waals surface area contributed by atoms with E-state index in [4.69, 9.17) is 4.98 Å². The van der Waals surface area contributed by atoms with Crippen LogP contribution >= 0.6 is 0 Å². The number of aryl methyl sites for hydroxylation is 1. The van der Waals surface area contributed by atoms with E-state index in [9.17, 15) is 4.79 Å². The van der Waals surface area contributed by atoms with Crippen molar-refractivity contribution in [2.75, 3.05) is 6.54 Å². The van der Waals surface area contributed by atoms with Gasteiger partial charge in [-0.15, -0.1) is 0 Å². The molecule has 2 aromatic rings. The van der Waals surface area contributed by atoms with Gasteiger partial charge < -0.3 is 9.47 Å². The molecule has 0 radical (unpaired) electrons. The zero-order chi connectivity index (χ0) is 17.2. The largest absolute Gasteiger partial charge is 0.339 e. The molecule has 1 saturated heterocycles. The number of carbonyl (C=O) groups is 1. The highest BCUT2D eigenvalue weighted by molar-refractivity contribution is 5.81. The van der Waals surface area contributed by atoms with Crippen LogP contribution in [0.2, 0.25) is 0 Å². The SMILES string of the molecule is CCCCCn1c(C2CC(=O)N(C3CCCC3)C2)nc2ccccc21. The number of hydrogen-bond donors (Lipinski definition) is 0. The number of carbonyl (C=O) groups excluding carboxylic acids is 1. The summed E-state index contributed by atoms with van der Waals surface area (Å²) in [5.74, 6) is 1.72. The first-order valence-electron chi connectivity index (χ1n) is 10.0. The Hall–Kier alpha value is -1.84. The number of likely N-dealkylation sites (tertiary alicyclic amines) is 1. The molecule has 1 unspecified atom stereocenters. The van der Waals surface area contributed by atoms with Crippen LogP contribution in [0, 0.1) is 0 Å². The summed E-state index contributed by atoms with van der Waals surface area (Å²) >= 11 is 0. The third-order valence-electron chi connectivity index (χ3n) is 5.96. The van der Waals surface area contributed by atoms with Crippen molar-refractivity contribution in [2.45, 2.75) is 76.8 Å². The predicted molar refractivity (Wildman–Crippen MR) is 101 cm³/mol. The highest BCUT2D eigenvalue weighted by Gasteiger charge is 2.38. The number of imidazole rings is 1. The lowest BCUT2D eigenvalue weighted by Gasteiger charge is -2.24. The van der Waals surface area contributed by atoms with Crippen LogP contribution in [0.25, 0.3) is 11.0 Å². The van der Waals surface area contributed by atoms with Crippen molar-refractivity contribution in [2.24, 2.45) is 0 Å². The molecule has 4 nitrogen and oxygen atoms in total. The summed E-state index contributed by atoms with van der Waals surface area (Å²) in [5.41, 5.74) is 2.29. The Labute approximate surface area is 150 Å². The van der Waals surface area contributed by atoms with Gasteiger partial charge in [-0.05, 0) is 31.4 Å². The van der Waals surface area contributed by atoms with Gasteiger partial charge in [0.15, 0.2) is 0 Å². The smallest absolute Gasteiger partial charge is 0.223 e. The number of aromatic nitrogens is 2. The number of nitrogens with zero attached hydrogens (tertiary/aromatic N) is 3. The van der Waals surface area contributed by atoms with Crippen LogP contribution in [0.15, 0.2) is 24.3 Å². The zero-order valence-electron chi connectivity index (χ0n) is 15.3. The van der Waals surface area contributed by atoms with Crippen molar-refractivity contribution in [3.8, 4) is 0 Å². The summed E-state index contributed by atoms with van der Waals surface area (Å²) in [5, 5.41) is 0. The minimum absolute atomic E-state index is 0.252. The Bertz CT molecular complexity index is 745. The summed E-state index contributed by atoms with van der Waals surface area (Å²) in [4.78, 5) is 19.7. The number of unbranched alkanes of at least 4 members (excludes halogenated alkanes) is 2. The topological polar surface area (TPSA) is 38.1 Å². The maximum Gasteiger partial charge on any atom is 0.223 e. The van der Waals surface area contributed by atoms with Gasteiger partial charge >= 0.3 is 0 Å². The molecule has 2 heterocycles. The Balaban J connectivity index is 1.61. The molecule has 0 N–H and O–H groups in total. The van der Waals surface area contributed by atoms with Crippen LogP contribution in [0.4, 0.5) is 0 Å². The fourth-order valence-electron chi connectivity index (χ4n) is 4.63. The average molecular weight is 339 g/mol. The number of benzene rings is 1. The van der Waals surface area contributed by atoms with E-state index < -0.39 is 0 Å². The van der Waals surface area contributed by atoms with Crippen LogP contribution in [0.3, 0.4) is 0 Å². The highest BCUT2D eigenvalue weighted by atomic mass is 16.2. The number of rotatable bonds is 6. The lowest BCUT2D eigenvalue weighted by molar-refractivity contribution is -0.129. The first-order chi connectivity index (χ1) is 12.3. The number of hydrogen-bond acceptors (Lipinski definition) is 2. The van der Waals surface area contributed by atoms with Gasteiger partial charge in [-0.3, -0.25) is 4.79 Å². The number of amides is 1. The van der Waals surface area contributed by atoms with E-state index >= 15 is 0 Å². The normalized spacial score (nSPS) is 21.7. The molecule has 4 rings (SSSR count). The fraction of sp³-hybridized carbons (Fsp3) is 0.619. The lowest BCUT2D eigenvalue weighted by Crippen LogP contribution is -2.34. The van der Waals surface area contributed by atoms with Crippen molar-refractivity contribution in [3.63, 3.8) is 0 Å². The van der Waals surface area contributed by atoms with Crippen LogP contribution in [-0.4, -0.2) is 32.9 Å². The molecule has 134 valence electrons. The Morgan fingerprint density at radius 3 is 2.76 bits per heavy atom. The van der Waals surface area contributed by atoms with Crippen LogP contribution < -0.4 is 0 Å². The second kappa shape index (κ2) is 7.19. The lowest BCUT2D eigenvalue weighted by atomic mass is 10.1. The minimum Gasteiger partial charge on any atom is -0.339 e. The number of para-hydroxylation sites is 2. The van der Waals surface area contributed by atoms with Gasteiger partial charge in [0, 0.05) is 31.5 Å². The van der Waals surface area contributed by atoms with Crippen molar-refractivity contribution in [3.05, 3.63) is 30.1 Å². The second-order valence-electron chi connectivity index (χ2n) is 7.70. The van der Waals surface area contributed by atoms with Gasteiger partial charge in [0.2, 0.25) is 5.91 Å². The molecule has 1 aromatic heterocycles. The quantitative estimate of drug-likeness (QED) is 0.728. The van der Waals surface area contributed by atoms with E-state index in [1.807, 2.05) is 0 Å². The van der Waals surface area contributed by atoms with Crippen molar-refractivity contribution >= 4 is 16.9 Å². The monoisotopic (exact) mass is 339 g/mol. The molecule has 2 fully saturated rings. The third kappa shape index (κ3) is 3.19. The molecule has 0 bridgehead atoms. The van der Waals surface area contributed by atoms with Gasteiger partial charge in [0.05, 0.1) is 11.0 Å². The molecule has 1 atom stereocenters. The van der Waals surface area contributed by atoms with E-state index in [-0.39, 0.29) is 5.92 Å². The highest BCUT2D eigenvalue weighted by Crippen LogP contribution is 2.35. The van der Waals surface area contributed by atoms with Crippen molar-refractivity contribution in [1.82, 2.24) is 14.5 Å². The maximum absolute atomic E-state index is 12.6. The Morgan fingerprint density at radius 2 is 1.96 bits per heavy atom. The van der Waals surface area contributed by atoms with E-state index in [1.165, 1.54) is 50.5 Å². The Morgan fingerprint density at radius 1 is 1.16 bits per heavy atom. The summed E-state index contributed by atoms with van der Waals surface area (Å²) in [6.07, 6.45) is 9.19. The van der Waals surface area contributed by atoms with Crippen LogP contribution in [-0.2, 0) is 11.3 Å². The van der Waals surface area contributed by atoms with E-state index in [1.54, 1.807) is 0 Å². The molecule has 4 heteroatoms. The molecule has 25 heavy (non-hydrogen) atoms. The zero-order valence-corrected chi connectivity index (χ0v) is 15.3.